The van der Waals surface area contributed by atoms with Crippen molar-refractivity contribution in [1.29, 1.82) is 0 Å². The smallest absolute Gasteiger partial charge is 0.339 e. The molecule has 9 nitrogen and oxygen atoms in total. The van der Waals surface area contributed by atoms with Gasteiger partial charge in [-0.15, -0.1) is 0 Å². The number of rotatable bonds is 3. The van der Waals surface area contributed by atoms with Crippen LogP contribution < -0.4 is 0 Å². The van der Waals surface area contributed by atoms with Gasteiger partial charge in [0.2, 0.25) is 0 Å². The molecule has 5 aliphatic heterocycles. The van der Waals surface area contributed by atoms with Crippen LogP contribution in [0.15, 0.2) is 34.7 Å². The number of aliphatic hydroxyl groups is 1. The van der Waals surface area contributed by atoms with Gasteiger partial charge in [-0.05, 0) is 86.2 Å². The molecule has 1 aromatic rings. The first-order valence-electron chi connectivity index (χ1n) is 18.5. The van der Waals surface area contributed by atoms with Gasteiger partial charge in [0.15, 0.2) is 11.9 Å². The van der Waals surface area contributed by atoms with Crippen molar-refractivity contribution in [1.82, 2.24) is 0 Å². The summed E-state index contributed by atoms with van der Waals surface area (Å²) in [6, 6.07) is 1.84. The highest BCUT2D eigenvalue weighted by molar-refractivity contribution is 5.94. The van der Waals surface area contributed by atoms with Crippen LogP contribution >= 0.6 is 0 Å². The minimum Gasteiger partial charge on any atom is -0.472 e. The largest absolute Gasteiger partial charge is 0.472 e. The molecule has 5 aliphatic carbocycles. The maximum Gasteiger partial charge on any atom is 0.339 e. The number of ketones is 1. The van der Waals surface area contributed by atoms with Crippen molar-refractivity contribution in [3.8, 4) is 0 Å². The van der Waals surface area contributed by atoms with E-state index in [9.17, 15) is 14.7 Å². The molecule has 10 aliphatic rings. The van der Waals surface area contributed by atoms with Crippen LogP contribution in [0.5, 0.6) is 0 Å². The number of hydrogen-bond acceptors (Lipinski definition) is 9. The molecule has 16 atom stereocenters. The summed E-state index contributed by atoms with van der Waals surface area (Å²) in [5.41, 5.74) is -4.32. The summed E-state index contributed by atoms with van der Waals surface area (Å²) in [4.78, 5) is 43.9. The highest BCUT2D eigenvalue weighted by Gasteiger charge is 2.97. The number of carbonyl (C=O) groups excluding carboxylic acids is 3. The summed E-state index contributed by atoms with van der Waals surface area (Å²) >= 11 is 0. The minimum atomic E-state index is -1.40. The molecule has 5 saturated carbocycles. The number of fused-ring (bicyclic) bond motifs is 2. The zero-order chi connectivity index (χ0) is 33.2. The van der Waals surface area contributed by atoms with E-state index in [1.54, 1.807) is 12.5 Å². The SMILES string of the molecule is CC(C)CC1C=C2CC3CCCC34CC3CC5(C)C(c6ccoc6)OC(=O)C6OC65C5(C)C(O)C(=O)C6C1(C)OC21C4C(=O)OCC61C35. The number of cyclic esters (lactones) is 2. The highest BCUT2D eigenvalue weighted by atomic mass is 16.7. The molecule has 48 heavy (non-hydrogen) atoms. The molecule has 11 rings (SSSR count). The van der Waals surface area contributed by atoms with Gasteiger partial charge < -0.3 is 28.5 Å². The van der Waals surface area contributed by atoms with Crippen LogP contribution in [0.4, 0.5) is 0 Å². The van der Waals surface area contributed by atoms with Gasteiger partial charge in [-0.25, -0.2) is 4.79 Å². The maximum atomic E-state index is 15.5. The van der Waals surface area contributed by atoms with Crippen molar-refractivity contribution in [3.63, 3.8) is 0 Å². The average molecular weight is 659 g/mol. The average Bonchev–Trinajstić information content (AvgIpc) is 3.29. The van der Waals surface area contributed by atoms with E-state index in [-0.39, 0.29) is 41.5 Å². The highest BCUT2D eigenvalue weighted by Crippen LogP contribution is 2.88. The number of carbonyl (C=O) groups is 3. The molecule has 256 valence electrons. The molecular formula is C39H46O9. The van der Waals surface area contributed by atoms with Crippen LogP contribution in [0.25, 0.3) is 0 Å². The van der Waals surface area contributed by atoms with Gasteiger partial charge in [0.1, 0.15) is 30.0 Å². The Labute approximate surface area is 280 Å². The van der Waals surface area contributed by atoms with Crippen molar-refractivity contribution in [2.75, 3.05) is 6.61 Å². The van der Waals surface area contributed by atoms with E-state index < -0.39 is 69.2 Å². The first-order valence-corrected chi connectivity index (χ1v) is 18.5. The Kier molecular flexibility index (Phi) is 4.98. The Balaban J connectivity index is 1.24. The molecule has 0 radical (unpaired) electrons. The first kappa shape index (κ1) is 29.3. The second kappa shape index (κ2) is 8.18. The van der Waals surface area contributed by atoms with E-state index in [0.29, 0.717) is 18.3 Å². The Hall–Kier alpha value is -2.49. The van der Waals surface area contributed by atoms with Gasteiger partial charge in [-0.3, -0.25) is 9.59 Å². The molecule has 9 fully saturated rings. The second-order valence-electron chi connectivity index (χ2n) is 18.7. The number of hydrogen-bond donors (Lipinski definition) is 1. The fourth-order valence-electron chi connectivity index (χ4n) is 16.1. The summed E-state index contributed by atoms with van der Waals surface area (Å²) in [6.45, 7) is 10.8. The fourth-order valence-corrected chi connectivity index (χ4v) is 16.1. The van der Waals surface area contributed by atoms with Crippen LogP contribution in [0.3, 0.4) is 0 Å². The topological polar surface area (TPSA) is 125 Å². The lowest BCUT2D eigenvalue weighted by Crippen LogP contribution is -2.80. The van der Waals surface area contributed by atoms with Crippen LogP contribution in [-0.4, -0.2) is 58.4 Å². The number of Topliss-reactive ketones (excluding diaryl/α,β-unsaturated/α-hetero) is 1. The van der Waals surface area contributed by atoms with Gasteiger partial charge in [0.25, 0.3) is 0 Å². The monoisotopic (exact) mass is 658 g/mol. The third-order valence-corrected chi connectivity index (χ3v) is 16.9. The summed E-state index contributed by atoms with van der Waals surface area (Å²) in [5, 5.41) is 12.8. The van der Waals surface area contributed by atoms with Crippen molar-refractivity contribution in [2.24, 2.45) is 63.1 Å². The van der Waals surface area contributed by atoms with Crippen molar-refractivity contribution >= 4 is 17.7 Å². The van der Waals surface area contributed by atoms with Gasteiger partial charge in [-0.1, -0.05) is 40.2 Å². The molecule has 16 unspecified atom stereocenters. The van der Waals surface area contributed by atoms with E-state index in [1.165, 1.54) is 5.57 Å². The lowest BCUT2D eigenvalue weighted by atomic mass is 9.33. The Morgan fingerprint density at radius 3 is 2.60 bits per heavy atom. The zero-order valence-corrected chi connectivity index (χ0v) is 28.5. The van der Waals surface area contributed by atoms with E-state index in [1.807, 2.05) is 13.0 Å². The summed E-state index contributed by atoms with van der Waals surface area (Å²) in [7, 11) is 0. The minimum absolute atomic E-state index is 0.00153. The lowest BCUT2D eigenvalue weighted by molar-refractivity contribution is -0.280. The molecule has 9 heteroatoms. The van der Waals surface area contributed by atoms with Gasteiger partial charge in [0.05, 0.1) is 35.4 Å². The molecule has 0 amide bonds. The van der Waals surface area contributed by atoms with Crippen LogP contribution in [0, 0.1) is 63.1 Å². The lowest BCUT2D eigenvalue weighted by Gasteiger charge is -2.70. The number of aliphatic hydroxyl groups excluding tert-OH is 1. The molecule has 1 aromatic heterocycles. The van der Waals surface area contributed by atoms with Crippen molar-refractivity contribution < 1.29 is 42.9 Å². The Bertz CT molecular complexity index is 1750. The molecule has 1 N–H and O–H groups in total. The molecule has 5 bridgehead atoms. The molecule has 4 spiro atoms. The standard InChI is InChI=1S/C39H46O9/c1-18(2)11-22-13-23-12-21-7-6-9-36(21)15-20-14-33(3)29(19-8-10-44-16-19)46-32(43)30-39(33,47-30)34(4)25(20)37-17-45-31(42)27(36)38(23,37)48-35(22,5)26(37)24(40)28(34)41/h8,10,13,16,18,20-22,25-30,41H,6-7,9,11-12,14-15,17H2,1-5H3. The predicted octanol–water partition coefficient (Wildman–Crippen LogP) is 5.11. The Morgan fingerprint density at radius 2 is 1.85 bits per heavy atom. The number of epoxide rings is 1. The van der Waals surface area contributed by atoms with E-state index >= 15 is 4.79 Å². The quantitative estimate of drug-likeness (QED) is 0.268. The first-order chi connectivity index (χ1) is 22.8. The Morgan fingerprint density at radius 1 is 1.04 bits per heavy atom. The van der Waals surface area contributed by atoms with Gasteiger partial charge >= 0.3 is 11.9 Å². The molecular weight excluding hydrogens is 612 g/mol. The van der Waals surface area contributed by atoms with Crippen molar-refractivity contribution in [3.05, 3.63) is 35.8 Å². The molecule has 6 heterocycles. The summed E-state index contributed by atoms with van der Waals surface area (Å²) in [5.74, 6) is -1.74. The fraction of sp³-hybridized carbons (Fsp3) is 0.769. The second-order valence-corrected chi connectivity index (χ2v) is 18.7. The molecule has 0 aromatic carbocycles. The van der Waals surface area contributed by atoms with Crippen LogP contribution in [0.2, 0.25) is 0 Å². The van der Waals surface area contributed by atoms with E-state index in [2.05, 4.69) is 33.8 Å². The zero-order valence-electron chi connectivity index (χ0n) is 28.5. The van der Waals surface area contributed by atoms with Crippen LogP contribution in [-0.2, 0) is 33.3 Å². The van der Waals surface area contributed by atoms with Gasteiger partial charge in [-0.2, -0.15) is 0 Å². The van der Waals surface area contributed by atoms with E-state index in [0.717, 1.165) is 44.1 Å². The summed E-state index contributed by atoms with van der Waals surface area (Å²) in [6.07, 6.45) is 8.88. The molecule has 4 saturated heterocycles. The third kappa shape index (κ3) is 2.55. The predicted molar refractivity (Wildman–Crippen MR) is 167 cm³/mol. The van der Waals surface area contributed by atoms with E-state index in [4.69, 9.17) is 23.4 Å². The number of furan rings is 1. The summed E-state index contributed by atoms with van der Waals surface area (Å²) < 4.78 is 32.7. The maximum absolute atomic E-state index is 15.5. The normalized spacial score (nSPS) is 59.1. The van der Waals surface area contributed by atoms with Crippen molar-refractivity contribution in [2.45, 2.75) is 115 Å². The van der Waals surface area contributed by atoms with Gasteiger partial charge in [0, 0.05) is 22.3 Å². The number of ether oxygens (including phenoxy) is 4. The van der Waals surface area contributed by atoms with Crippen LogP contribution in [0.1, 0.15) is 91.2 Å². The third-order valence-electron chi connectivity index (χ3n) is 16.9. The number of esters is 2.